The van der Waals surface area contributed by atoms with Crippen molar-refractivity contribution in [1.82, 2.24) is 9.47 Å². The number of carbonyl (C=O) groups is 1. The summed E-state index contributed by atoms with van der Waals surface area (Å²) in [5, 5.41) is 1.08. The predicted octanol–water partition coefficient (Wildman–Crippen LogP) is 2.73. The molecule has 0 aliphatic carbocycles. The molecule has 1 aliphatic rings. The Hall–Kier alpha value is -1.65. The maximum atomic E-state index is 11.8. The summed E-state index contributed by atoms with van der Waals surface area (Å²) >= 11 is 0. The predicted molar refractivity (Wildman–Crippen MR) is 83.5 cm³/mol. The van der Waals surface area contributed by atoms with Crippen LogP contribution in [0.5, 0.6) is 0 Å². The molecular formula is C17H22N2O2. The lowest BCUT2D eigenvalue weighted by Crippen LogP contribution is -2.21. The third kappa shape index (κ3) is 2.61. The number of benzene rings is 1. The van der Waals surface area contributed by atoms with Crippen molar-refractivity contribution in [2.75, 3.05) is 19.8 Å². The standard InChI is InChI=1S/C17H22N2O2/c1-4-21-6-5-19-9-13-7-15-16(12(2)20)11-18(3)17(15)8-14(13)10-19/h7-8,11H,4-6,9-10H2,1-3H3. The topological polar surface area (TPSA) is 34.5 Å². The van der Waals surface area contributed by atoms with Gasteiger partial charge in [-0.2, -0.15) is 0 Å². The zero-order valence-electron chi connectivity index (χ0n) is 13.0. The number of Topliss-reactive ketones (excluding diaryl/α,β-unsaturated/α-hetero) is 1. The van der Waals surface area contributed by atoms with Gasteiger partial charge in [0.05, 0.1) is 6.61 Å². The first-order valence-electron chi connectivity index (χ1n) is 7.52. The molecule has 0 unspecified atom stereocenters. The number of ketones is 1. The van der Waals surface area contributed by atoms with E-state index in [1.807, 2.05) is 20.2 Å². The zero-order chi connectivity index (χ0) is 15.0. The molecular weight excluding hydrogens is 264 g/mol. The molecule has 0 amide bonds. The number of fused-ring (bicyclic) bond motifs is 2. The van der Waals surface area contributed by atoms with Crippen LogP contribution >= 0.6 is 0 Å². The molecule has 2 aromatic rings. The highest BCUT2D eigenvalue weighted by molar-refractivity contribution is 6.07. The Morgan fingerprint density at radius 3 is 2.67 bits per heavy atom. The van der Waals surface area contributed by atoms with E-state index < -0.39 is 0 Å². The van der Waals surface area contributed by atoms with Gasteiger partial charge in [0.15, 0.2) is 5.78 Å². The highest BCUT2D eigenvalue weighted by atomic mass is 16.5. The van der Waals surface area contributed by atoms with Gasteiger partial charge in [0.2, 0.25) is 0 Å². The number of hydrogen-bond acceptors (Lipinski definition) is 3. The number of rotatable bonds is 5. The first kappa shape index (κ1) is 14.3. The van der Waals surface area contributed by atoms with Crippen molar-refractivity contribution in [2.45, 2.75) is 26.9 Å². The van der Waals surface area contributed by atoms with Crippen molar-refractivity contribution in [3.05, 3.63) is 35.0 Å². The van der Waals surface area contributed by atoms with E-state index in [1.54, 1.807) is 6.92 Å². The fourth-order valence-electron chi connectivity index (χ4n) is 3.13. The van der Waals surface area contributed by atoms with E-state index in [-0.39, 0.29) is 5.78 Å². The zero-order valence-corrected chi connectivity index (χ0v) is 13.0. The monoisotopic (exact) mass is 286 g/mol. The molecule has 3 rings (SSSR count). The second-order valence-electron chi connectivity index (χ2n) is 5.76. The van der Waals surface area contributed by atoms with Gasteiger partial charge in [0, 0.05) is 56.0 Å². The number of ether oxygens (including phenoxy) is 1. The van der Waals surface area contributed by atoms with Crippen LogP contribution in [0.3, 0.4) is 0 Å². The van der Waals surface area contributed by atoms with Gasteiger partial charge in [0.1, 0.15) is 0 Å². The van der Waals surface area contributed by atoms with Crippen LogP contribution in [0, 0.1) is 0 Å². The Bertz CT molecular complexity index is 688. The maximum Gasteiger partial charge on any atom is 0.161 e. The second-order valence-corrected chi connectivity index (χ2v) is 5.76. The third-order valence-electron chi connectivity index (χ3n) is 4.23. The summed E-state index contributed by atoms with van der Waals surface area (Å²) in [7, 11) is 2.00. The number of aryl methyl sites for hydroxylation is 1. The summed E-state index contributed by atoms with van der Waals surface area (Å²) in [4.78, 5) is 14.2. The quantitative estimate of drug-likeness (QED) is 0.626. The summed E-state index contributed by atoms with van der Waals surface area (Å²) in [5.74, 6) is 0.131. The van der Waals surface area contributed by atoms with Gasteiger partial charge in [-0.25, -0.2) is 0 Å². The summed E-state index contributed by atoms with van der Waals surface area (Å²) in [6, 6.07) is 4.43. The molecule has 0 saturated carbocycles. The number of carbonyl (C=O) groups excluding carboxylic acids is 1. The van der Waals surface area contributed by atoms with Gasteiger partial charge >= 0.3 is 0 Å². The van der Waals surface area contributed by atoms with E-state index in [0.717, 1.165) is 49.3 Å². The van der Waals surface area contributed by atoms with Crippen molar-refractivity contribution in [3.8, 4) is 0 Å². The molecule has 0 fully saturated rings. The molecule has 1 aliphatic heterocycles. The Morgan fingerprint density at radius 1 is 1.29 bits per heavy atom. The lowest BCUT2D eigenvalue weighted by atomic mass is 10.0. The molecule has 0 radical (unpaired) electrons. The summed E-state index contributed by atoms with van der Waals surface area (Å²) in [6.45, 7) is 8.09. The van der Waals surface area contributed by atoms with Crippen molar-refractivity contribution < 1.29 is 9.53 Å². The number of aromatic nitrogens is 1. The van der Waals surface area contributed by atoms with Crippen molar-refractivity contribution in [3.63, 3.8) is 0 Å². The molecule has 21 heavy (non-hydrogen) atoms. The smallest absolute Gasteiger partial charge is 0.161 e. The molecule has 0 saturated heterocycles. The minimum Gasteiger partial charge on any atom is -0.380 e. The number of nitrogens with zero attached hydrogens (tertiary/aromatic N) is 2. The first-order chi connectivity index (χ1) is 10.1. The molecule has 0 N–H and O–H groups in total. The largest absolute Gasteiger partial charge is 0.380 e. The van der Waals surface area contributed by atoms with Gasteiger partial charge < -0.3 is 9.30 Å². The highest BCUT2D eigenvalue weighted by Gasteiger charge is 2.21. The molecule has 0 spiro atoms. The molecule has 4 nitrogen and oxygen atoms in total. The van der Waals surface area contributed by atoms with Crippen LogP contribution in [0.25, 0.3) is 10.9 Å². The van der Waals surface area contributed by atoms with E-state index >= 15 is 0 Å². The average Bonchev–Trinajstić information content (AvgIpc) is 2.98. The minimum absolute atomic E-state index is 0.131. The van der Waals surface area contributed by atoms with Gasteiger partial charge in [-0.1, -0.05) is 0 Å². The molecule has 1 aromatic carbocycles. The Balaban J connectivity index is 1.89. The van der Waals surface area contributed by atoms with Crippen LogP contribution in [-0.4, -0.2) is 35.0 Å². The van der Waals surface area contributed by atoms with Crippen LogP contribution in [-0.2, 0) is 24.9 Å². The van der Waals surface area contributed by atoms with E-state index in [2.05, 4.69) is 21.6 Å². The average molecular weight is 286 g/mol. The fourth-order valence-corrected chi connectivity index (χ4v) is 3.13. The van der Waals surface area contributed by atoms with Gasteiger partial charge in [-0.15, -0.1) is 0 Å². The van der Waals surface area contributed by atoms with Gasteiger partial charge in [-0.3, -0.25) is 9.69 Å². The van der Waals surface area contributed by atoms with Crippen LogP contribution in [0.1, 0.15) is 35.3 Å². The number of hydrogen-bond donors (Lipinski definition) is 0. The summed E-state index contributed by atoms with van der Waals surface area (Å²) < 4.78 is 7.49. The van der Waals surface area contributed by atoms with Crippen LogP contribution < -0.4 is 0 Å². The van der Waals surface area contributed by atoms with E-state index in [1.165, 1.54) is 11.1 Å². The molecule has 112 valence electrons. The normalized spacial score (nSPS) is 14.8. The van der Waals surface area contributed by atoms with Crippen LogP contribution in [0.4, 0.5) is 0 Å². The lowest BCUT2D eigenvalue weighted by Gasteiger charge is -2.13. The molecule has 0 atom stereocenters. The highest BCUT2D eigenvalue weighted by Crippen LogP contribution is 2.30. The Labute approximate surface area is 125 Å². The first-order valence-corrected chi connectivity index (χ1v) is 7.52. The maximum absolute atomic E-state index is 11.8. The molecule has 0 bridgehead atoms. The molecule has 1 aromatic heterocycles. The van der Waals surface area contributed by atoms with Crippen molar-refractivity contribution >= 4 is 16.7 Å². The van der Waals surface area contributed by atoms with Crippen LogP contribution in [0.2, 0.25) is 0 Å². The van der Waals surface area contributed by atoms with Crippen molar-refractivity contribution in [1.29, 1.82) is 0 Å². The Morgan fingerprint density at radius 2 is 2.00 bits per heavy atom. The second kappa shape index (κ2) is 5.62. The fraction of sp³-hybridized carbons (Fsp3) is 0.471. The van der Waals surface area contributed by atoms with Crippen LogP contribution in [0.15, 0.2) is 18.3 Å². The molecule has 2 heterocycles. The van der Waals surface area contributed by atoms with E-state index in [9.17, 15) is 4.79 Å². The SMILES string of the molecule is CCOCCN1Cc2cc3c(C(C)=O)cn(C)c3cc2C1. The minimum atomic E-state index is 0.131. The third-order valence-corrected chi connectivity index (χ3v) is 4.23. The van der Waals surface area contributed by atoms with Gasteiger partial charge in [-0.05, 0) is 37.1 Å². The van der Waals surface area contributed by atoms with Crippen molar-refractivity contribution in [2.24, 2.45) is 7.05 Å². The Kier molecular flexibility index (Phi) is 3.83. The van der Waals surface area contributed by atoms with E-state index in [4.69, 9.17) is 4.74 Å². The van der Waals surface area contributed by atoms with E-state index in [0.29, 0.717) is 0 Å². The summed E-state index contributed by atoms with van der Waals surface area (Å²) in [5.41, 5.74) is 4.68. The lowest BCUT2D eigenvalue weighted by molar-refractivity contribution is 0.101. The van der Waals surface area contributed by atoms with Gasteiger partial charge in [0.25, 0.3) is 0 Å². The molecule has 4 heteroatoms. The summed E-state index contributed by atoms with van der Waals surface area (Å²) in [6.07, 6.45) is 1.94.